The van der Waals surface area contributed by atoms with Crippen molar-refractivity contribution in [3.63, 3.8) is 0 Å². The van der Waals surface area contributed by atoms with Gasteiger partial charge in [0.05, 0.1) is 0 Å². The highest BCUT2D eigenvalue weighted by Crippen LogP contribution is 2.26. The second-order valence-electron chi connectivity index (χ2n) is 5.24. The quantitative estimate of drug-likeness (QED) is 0.780. The van der Waals surface area contributed by atoms with Crippen molar-refractivity contribution in [2.24, 2.45) is 5.92 Å². The summed E-state index contributed by atoms with van der Waals surface area (Å²) in [6, 6.07) is 0.761. The maximum absolute atomic E-state index is 8.95. The predicted molar refractivity (Wildman–Crippen MR) is 69.6 cm³/mol. The Morgan fingerprint density at radius 1 is 1.12 bits per heavy atom. The van der Waals surface area contributed by atoms with Gasteiger partial charge in [0.25, 0.3) is 0 Å². The van der Waals surface area contributed by atoms with E-state index in [1.54, 1.807) is 0 Å². The van der Waals surface area contributed by atoms with Crippen LogP contribution >= 0.6 is 0 Å². The molecule has 1 saturated carbocycles. The number of rotatable bonds is 5. The van der Waals surface area contributed by atoms with Crippen LogP contribution < -0.4 is 0 Å². The minimum atomic E-state index is 0.331. The molecule has 1 N–H and O–H groups in total. The average Bonchev–Trinajstić information content (AvgIpc) is 2.28. The number of hydrogen-bond donors (Lipinski definition) is 1. The monoisotopic (exact) mass is 227 g/mol. The van der Waals surface area contributed by atoms with Crippen LogP contribution in [0, 0.1) is 5.92 Å². The standard InChI is InChI=1S/C14H29NO/c1-3-15(11-8-12-16)14-10-7-5-4-6-9-13(14)2/h13-14,16H,3-12H2,1-2H3. The Morgan fingerprint density at radius 3 is 2.44 bits per heavy atom. The van der Waals surface area contributed by atoms with E-state index in [1.807, 2.05) is 0 Å². The lowest BCUT2D eigenvalue weighted by molar-refractivity contribution is 0.120. The molecule has 2 nitrogen and oxygen atoms in total. The molecular formula is C14H29NO. The molecule has 0 aliphatic heterocycles. The fraction of sp³-hybridized carbons (Fsp3) is 1.00. The SMILES string of the molecule is CCN(CCCO)C1CCCCCCC1C. The third-order valence-corrected chi connectivity index (χ3v) is 4.04. The van der Waals surface area contributed by atoms with Crippen LogP contribution in [0.3, 0.4) is 0 Å². The van der Waals surface area contributed by atoms with Crippen molar-refractivity contribution >= 4 is 0 Å². The van der Waals surface area contributed by atoms with E-state index in [-0.39, 0.29) is 0 Å². The third-order valence-electron chi connectivity index (χ3n) is 4.04. The van der Waals surface area contributed by atoms with Gasteiger partial charge in [0.1, 0.15) is 0 Å². The number of aliphatic hydroxyl groups is 1. The highest BCUT2D eigenvalue weighted by atomic mass is 16.3. The Balaban J connectivity index is 2.48. The molecule has 0 amide bonds. The van der Waals surface area contributed by atoms with Crippen molar-refractivity contribution in [3.8, 4) is 0 Å². The van der Waals surface area contributed by atoms with Crippen LogP contribution in [0.5, 0.6) is 0 Å². The van der Waals surface area contributed by atoms with Crippen molar-refractivity contribution in [2.75, 3.05) is 19.7 Å². The molecule has 2 heteroatoms. The van der Waals surface area contributed by atoms with Crippen molar-refractivity contribution in [2.45, 2.75) is 64.8 Å². The van der Waals surface area contributed by atoms with Gasteiger partial charge in [0.15, 0.2) is 0 Å². The summed E-state index contributed by atoms with van der Waals surface area (Å²) in [6.07, 6.45) is 9.33. The van der Waals surface area contributed by atoms with Crippen molar-refractivity contribution in [1.29, 1.82) is 0 Å². The number of nitrogens with zero attached hydrogens (tertiary/aromatic N) is 1. The summed E-state index contributed by atoms with van der Waals surface area (Å²) in [5.74, 6) is 0.832. The van der Waals surface area contributed by atoms with Gasteiger partial charge in [-0.25, -0.2) is 0 Å². The summed E-state index contributed by atoms with van der Waals surface area (Å²) in [7, 11) is 0. The third kappa shape index (κ3) is 4.42. The van der Waals surface area contributed by atoms with Gasteiger partial charge >= 0.3 is 0 Å². The lowest BCUT2D eigenvalue weighted by atomic mass is 9.87. The van der Waals surface area contributed by atoms with Gasteiger partial charge in [-0.1, -0.05) is 39.5 Å². The second-order valence-corrected chi connectivity index (χ2v) is 5.24. The van der Waals surface area contributed by atoms with E-state index >= 15 is 0 Å². The van der Waals surface area contributed by atoms with E-state index in [0.717, 1.165) is 31.5 Å². The van der Waals surface area contributed by atoms with E-state index in [0.29, 0.717) is 6.61 Å². The van der Waals surface area contributed by atoms with E-state index in [9.17, 15) is 0 Å². The first-order valence-corrected chi connectivity index (χ1v) is 7.14. The van der Waals surface area contributed by atoms with Crippen molar-refractivity contribution < 1.29 is 5.11 Å². The Kier molecular flexibility index (Phi) is 7.06. The molecule has 1 fully saturated rings. The molecule has 0 spiro atoms. The van der Waals surface area contributed by atoms with Crippen LogP contribution in [0.25, 0.3) is 0 Å². The predicted octanol–water partition coefficient (Wildman–Crippen LogP) is 3.05. The summed E-state index contributed by atoms with van der Waals surface area (Å²) in [6.45, 7) is 7.20. The minimum Gasteiger partial charge on any atom is -0.396 e. The van der Waals surface area contributed by atoms with Crippen LogP contribution in [0.4, 0.5) is 0 Å². The van der Waals surface area contributed by atoms with Crippen LogP contribution in [0.1, 0.15) is 58.8 Å². The van der Waals surface area contributed by atoms with E-state index in [4.69, 9.17) is 5.11 Å². The first kappa shape index (κ1) is 14.0. The zero-order chi connectivity index (χ0) is 11.8. The van der Waals surface area contributed by atoms with Crippen LogP contribution in [-0.2, 0) is 0 Å². The first-order chi connectivity index (χ1) is 7.79. The van der Waals surface area contributed by atoms with Gasteiger partial charge in [-0.2, -0.15) is 0 Å². The molecule has 0 aromatic carbocycles. The van der Waals surface area contributed by atoms with Gasteiger partial charge in [0.2, 0.25) is 0 Å². The molecule has 16 heavy (non-hydrogen) atoms. The van der Waals surface area contributed by atoms with Crippen LogP contribution in [-0.4, -0.2) is 35.7 Å². The molecule has 0 radical (unpaired) electrons. The Morgan fingerprint density at radius 2 is 1.81 bits per heavy atom. The Hall–Kier alpha value is -0.0800. The highest BCUT2D eigenvalue weighted by molar-refractivity contribution is 4.78. The Bertz CT molecular complexity index is 172. The first-order valence-electron chi connectivity index (χ1n) is 7.14. The van der Waals surface area contributed by atoms with E-state index in [1.165, 1.54) is 38.5 Å². The second kappa shape index (κ2) is 8.08. The van der Waals surface area contributed by atoms with E-state index in [2.05, 4.69) is 18.7 Å². The lowest BCUT2D eigenvalue weighted by Gasteiger charge is -2.36. The Labute approximate surface area is 101 Å². The summed E-state index contributed by atoms with van der Waals surface area (Å²) in [5.41, 5.74) is 0. The zero-order valence-electron chi connectivity index (χ0n) is 11.1. The molecule has 0 bridgehead atoms. The summed E-state index contributed by atoms with van der Waals surface area (Å²) in [5, 5.41) is 8.95. The molecule has 2 atom stereocenters. The molecule has 2 unspecified atom stereocenters. The molecule has 96 valence electrons. The molecule has 1 aliphatic rings. The minimum absolute atomic E-state index is 0.331. The maximum Gasteiger partial charge on any atom is 0.0443 e. The fourth-order valence-corrected chi connectivity index (χ4v) is 3.02. The van der Waals surface area contributed by atoms with Crippen molar-refractivity contribution in [3.05, 3.63) is 0 Å². The zero-order valence-corrected chi connectivity index (χ0v) is 11.1. The molecule has 0 aromatic rings. The normalized spacial score (nSPS) is 27.8. The highest BCUT2D eigenvalue weighted by Gasteiger charge is 2.23. The molecule has 0 aromatic heterocycles. The van der Waals surface area contributed by atoms with Gasteiger partial charge in [-0.05, 0) is 31.7 Å². The van der Waals surface area contributed by atoms with Crippen molar-refractivity contribution in [1.82, 2.24) is 4.90 Å². The summed E-state index contributed by atoms with van der Waals surface area (Å²) >= 11 is 0. The number of aliphatic hydroxyl groups excluding tert-OH is 1. The van der Waals surface area contributed by atoms with Crippen LogP contribution in [0.15, 0.2) is 0 Å². The molecular weight excluding hydrogens is 198 g/mol. The van der Waals surface area contributed by atoms with Crippen LogP contribution in [0.2, 0.25) is 0 Å². The van der Waals surface area contributed by atoms with E-state index < -0.39 is 0 Å². The molecule has 0 heterocycles. The lowest BCUT2D eigenvalue weighted by Crippen LogP contribution is -2.41. The average molecular weight is 227 g/mol. The van der Waals surface area contributed by atoms with Gasteiger partial charge in [-0.3, -0.25) is 0 Å². The van der Waals surface area contributed by atoms with Gasteiger partial charge in [-0.15, -0.1) is 0 Å². The maximum atomic E-state index is 8.95. The van der Waals surface area contributed by atoms with Gasteiger partial charge < -0.3 is 10.0 Å². The smallest absolute Gasteiger partial charge is 0.0443 e. The molecule has 0 saturated heterocycles. The number of hydrogen-bond acceptors (Lipinski definition) is 2. The largest absolute Gasteiger partial charge is 0.396 e. The topological polar surface area (TPSA) is 23.5 Å². The van der Waals surface area contributed by atoms with Gasteiger partial charge in [0, 0.05) is 19.2 Å². The summed E-state index contributed by atoms with van der Waals surface area (Å²) < 4.78 is 0. The fourth-order valence-electron chi connectivity index (χ4n) is 3.02. The molecule has 1 rings (SSSR count). The summed E-state index contributed by atoms with van der Waals surface area (Å²) in [4.78, 5) is 2.59. The molecule has 1 aliphatic carbocycles.